The average Bonchev–Trinajstić information content (AvgIpc) is 3.98. The van der Waals surface area contributed by atoms with Gasteiger partial charge >= 0.3 is 6.09 Å². The van der Waals surface area contributed by atoms with E-state index in [1.807, 2.05) is 53.9 Å². The zero-order valence-electron chi connectivity index (χ0n) is 32.8. The van der Waals surface area contributed by atoms with E-state index in [9.17, 15) is 22.8 Å². The van der Waals surface area contributed by atoms with Crippen LogP contribution in [-0.4, -0.2) is 88.2 Å². The number of amides is 4. The number of fused-ring (bicyclic) bond motifs is 3. The molecule has 312 valence electrons. The SMILES string of the molecule is C#CCC[C@H]1[C@H](Oc2nc3ccccc3nc2-c2cccs2)CC2C(=O)NC3(C(=O)NS(=O)(=O)C4CC4)CC3/C=C\CCCCCC(NC(=O)OC3CCCC3)C(=O)N21. The second kappa shape index (κ2) is 17.3. The molecule has 2 aromatic heterocycles. The summed E-state index contributed by atoms with van der Waals surface area (Å²) in [6, 6.07) is 8.24. The van der Waals surface area contributed by atoms with E-state index in [0.717, 1.165) is 43.4 Å². The molecule has 3 N–H and O–H groups in total. The second-order valence-electron chi connectivity index (χ2n) is 16.3. The maximum absolute atomic E-state index is 15.1. The lowest BCUT2D eigenvalue weighted by atomic mass is 10.0. The minimum Gasteiger partial charge on any atom is -0.470 e. The Morgan fingerprint density at radius 1 is 1.00 bits per heavy atom. The third kappa shape index (κ3) is 8.96. The Morgan fingerprint density at radius 3 is 2.49 bits per heavy atom. The van der Waals surface area contributed by atoms with Gasteiger partial charge in [-0.1, -0.05) is 43.2 Å². The van der Waals surface area contributed by atoms with Gasteiger partial charge in [0.05, 0.1) is 27.2 Å². The highest BCUT2D eigenvalue weighted by molar-refractivity contribution is 7.91. The molecule has 2 aliphatic heterocycles. The van der Waals surface area contributed by atoms with Crippen LogP contribution in [0.25, 0.3) is 21.6 Å². The summed E-state index contributed by atoms with van der Waals surface area (Å²) in [5.41, 5.74) is 0.219. The Labute approximate surface area is 348 Å². The number of thiophene rings is 1. The topological polar surface area (TPSA) is 186 Å². The van der Waals surface area contributed by atoms with Gasteiger partial charge in [-0.15, -0.1) is 23.7 Å². The van der Waals surface area contributed by atoms with E-state index < -0.39 is 74.8 Å². The van der Waals surface area contributed by atoms with Gasteiger partial charge in [0.2, 0.25) is 27.7 Å². The molecule has 4 unspecified atom stereocenters. The number of rotatable bonds is 10. The van der Waals surface area contributed by atoms with Gasteiger partial charge in [0.1, 0.15) is 35.5 Å². The predicted octanol–water partition coefficient (Wildman–Crippen LogP) is 5.53. The third-order valence-electron chi connectivity index (χ3n) is 12.1. The van der Waals surface area contributed by atoms with Gasteiger partial charge in [0, 0.05) is 18.8 Å². The predicted molar refractivity (Wildman–Crippen MR) is 221 cm³/mol. The summed E-state index contributed by atoms with van der Waals surface area (Å²) in [6.07, 6.45) is 16.1. The third-order valence-corrected chi connectivity index (χ3v) is 14.8. The molecule has 6 atom stereocenters. The number of carbonyl (C=O) groups excluding carboxylic acids is 4. The van der Waals surface area contributed by atoms with Gasteiger partial charge in [0.15, 0.2) is 0 Å². The summed E-state index contributed by atoms with van der Waals surface area (Å²) in [4.78, 5) is 69.4. The van der Waals surface area contributed by atoms with Crippen LogP contribution in [-0.2, 0) is 29.1 Å². The lowest BCUT2D eigenvalue weighted by Gasteiger charge is -2.34. The number of sulfonamides is 1. The molecule has 4 amide bonds. The van der Waals surface area contributed by atoms with Crippen molar-refractivity contribution < 1.29 is 37.1 Å². The lowest BCUT2D eigenvalue weighted by molar-refractivity contribution is -0.143. The Morgan fingerprint density at radius 2 is 1.76 bits per heavy atom. The summed E-state index contributed by atoms with van der Waals surface area (Å²) in [5, 5.41) is 7.08. The fourth-order valence-electron chi connectivity index (χ4n) is 8.70. The number of nitrogens with one attached hydrogen (secondary N) is 3. The Bertz CT molecular complexity index is 2250. The molecule has 1 aromatic carbocycles. The Kier molecular flexibility index (Phi) is 12.0. The van der Waals surface area contributed by atoms with Crippen LogP contribution in [0.3, 0.4) is 0 Å². The first kappa shape index (κ1) is 40.8. The molecular formula is C43H50N6O8S2. The van der Waals surface area contributed by atoms with E-state index in [2.05, 4.69) is 21.3 Å². The van der Waals surface area contributed by atoms with Crippen molar-refractivity contribution in [3.8, 4) is 28.8 Å². The Balaban J connectivity index is 1.17. The summed E-state index contributed by atoms with van der Waals surface area (Å²) in [6.45, 7) is 0. The van der Waals surface area contributed by atoms with Gasteiger partial charge in [-0.2, -0.15) is 0 Å². The largest absolute Gasteiger partial charge is 0.470 e. The van der Waals surface area contributed by atoms with Crippen LogP contribution >= 0.6 is 11.3 Å². The van der Waals surface area contributed by atoms with Gasteiger partial charge in [-0.05, 0) is 94.2 Å². The van der Waals surface area contributed by atoms with Gasteiger partial charge in [0.25, 0.3) is 5.91 Å². The van der Waals surface area contributed by atoms with Crippen molar-refractivity contribution >= 4 is 56.2 Å². The number of ether oxygens (including phenoxy) is 2. The molecule has 4 heterocycles. The minimum absolute atomic E-state index is 0.0109. The van der Waals surface area contributed by atoms with E-state index in [1.54, 1.807) is 0 Å². The summed E-state index contributed by atoms with van der Waals surface area (Å²) < 4.78 is 40.8. The number of hydrogen-bond acceptors (Lipinski definition) is 11. The molecule has 0 radical (unpaired) electrons. The monoisotopic (exact) mass is 842 g/mol. The van der Waals surface area contributed by atoms with E-state index >= 15 is 4.79 Å². The molecule has 16 heteroatoms. The van der Waals surface area contributed by atoms with Gasteiger partial charge in [-0.3, -0.25) is 19.1 Å². The molecular weight excluding hydrogens is 793 g/mol. The van der Waals surface area contributed by atoms with Crippen LogP contribution in [0, 0.1) is 18.3 Å². The molecule has 0 spiro atoms. The number of hydrogen-bond donors (Lipinski definition) is 3. The van der Waals surface area contributed by atoms with Crippen molar-refractivity contribution in [3.63, 3.8) is 0 Å². The van der Waals surface area contributed by atoms with Crippen molar-refractivity contribution in [2.24, 2.45) is 5.92 Å². The smallest absolute Gasteiger partial charge is 0.408 e. The zero-order valence-corrected chi connectivity index (χ0v) is 34.5. The van der Waals surface area contributed by atoms with Crippen LogP contribution in [0.1, 0.15) is 96.3 Å². The maximum atomic E-state index is 15.1. The molecule has 3 aromatic rings. The first-order valence-electron chi connectivity index (χ1n) is 20.8. The highest BCUT2D eigenvalue weighted by Gasteiger charge is 2.62. The summed E-state index contributed by atoms with van der Waals surface area (Å²) >= 11 is 1.47. The van der Waals surface area contributed by atoms with Crippen LogP contribution in [0.4, 0.5) is 4.79 Å². The normalized spacial score (nSPS) is 28.3. The van der Waals surface area contributed by atoms with E-state index in [4.69, 9.17) is 25.9 Å². The van der Waals surface area contributed by atoms with Crippen LogP contribution < -0.4 is 20.1 Å². The first-order chi connectivity index (χ1) is 28.6. The van der Waals surface area contributed by atoms with Gasteiger partial charge in [-0.25, -0.2) is 23.2 Å². The van der Waals surface area contributed by atoms with Crippen LogP contribution in [0.2, 0.25) is 0 Å². The Hall–Kier alpha value is -5.01. The molecule has 14 nitrogen and oxygen atoms in total. The van der Waals surface area contributed by atoms with Crippen LogP contribution in [0.5, 0.6) is 5.88 Å². The standard InChI is InChI=1S/C43H50N6O8S2/c1-2-3-20-33-35(57-39-37(36-21-13-24-58-36)44-30-17-11-12-18-31(30)45-39)25-34-38(50)47-43(41(52)48-59(54,55)29-22-23-29)26-27(43)14-7-5-4-6-8-19-32(40(51)49(33)34)46-42(53)56-28-15-9-10-16-28/h1,7,11-14,17-18,21,24,27-29,32-35H,3-6,8-10,15-16,19-20,22-23,25-26H2,(H,46,53)(H,47,50)(H,48,52)/b14-7-/t27?,32?,33-,34?,35+,43?/m0/s1. The number of nitrogens with zero attached hydrogens (tertiary/aromatic N) is 3. The first-order valence-corrected chi connectivity index (χ1v) is 23.2. The number of para-hydroxylation sites is 2. The number of carbonyl (C=O) groups is 4. The van der Waals surface area contributed by atoms with Crippen molar-refractivity contribution in [3.05, 3.63) is 53.9 Å². The van der Waals surface area contributed by atoms with Crippen LogP contribution in [0.15, 0.2) is 53.9 Å². The molecule has 0 bridgehead atoms. The second-order valence-corrected chi connectivity index (χ2v) is 19.2. The highest BCUT2D eigenvalue weighted by atomic mass is 32.2. The number of terminal acetylenes is 1. The molecule has 1 saturated heterocycles. The van der Waals surface area contributed by atoms with E-state index in [1.165, 1.54) is 16.2 Å². The number of alkyl carbamates (subject to hydrolysis) is 1. The quantitative estimate of drug-likeness (QED) is 0.173. The van der Waals surface area contributed by atoms with Crippen molar-refractivity contribution in [2.75, 3.05) is 0 Å². The summed E-state index contributed by atoms with van der Waals surface area (Å²) in [7, 11) is -3.93. The molecule has 3 aliphatic carbocycles. The van der Waals surface area contributed by atoms with Crippen molar-refractivity contribution in [1.82, 2.24) is 30.2 Å². The fourth-order valence-corrected chi connectivity index (χ4v) is 10.8. The van der Waals surface area contributed by atoms with Crippen molar-refractivity contribution in [1.29, 1.82) is 0 Å². The molecule has 8 rings (SSSR count). The maximum Gasteiger partial charge on any atom is 0.408 e. The van der Waals surface area contributed by atoms with Gasteiger partial charge < -0.3 is 25.0 Å². The summed E-state index contributed by atoms with van der Waals surface area (Å²) in [5.74, 6) is 0.499. The number of aromatic nitrogens is 2. The fraction of sp³-hybridized carbons (Fsp3) is 0.535. The molecule has 59 heavy (non-hydrogen) atoms. The molecule has 3 saturated carbocycles. The minimum atomic E-state index is -3.93. The lowest BCUT2D eigenvalue weighted by Crippen LogP contribution is -2.59. The number of benzene rings is 1. The zero-order chi connectivity index (χ0) is 41.1. The van der Waals surface area contributed by atoms with E-state index in [-0.39, 0.29) is 37.7 Å². The molecule has 5 aliphatic rings. The average molecular weight is 843 g/mol. The van der Waals surface area contributed by atoms with E-state index in [0.29, 0.717) is 48.8 Å². The highest BCUT2D eigenvalue weighted by Crippen LogP contribution is 2.46. The molecule has 4 fully saturated rings. The van der Waals surface area contributed by atoms with Crippen molar-refractivity contribution in [2.45, 2.75) is 137 Å². The number of allylic oxidation sites excluding steroid dienone is 1.